The second-order valence-corrected chi connectivity index (χ2v) is 7.33. The fourth-order valence-corrected chi connectivity index (χ4v) is 3.55. The summed E-state index contributed by atoms with van der Waals surface area (Å²) in [5.74, 6) is 0.0117. The van der Waals surface area contributed by atoms with E-state index in [9.17, 15) is 8.42 Å². The second-order valence-electron chi connectivity index (χ2n) is 5.22. The zero-order chi connectivity index (χ0) is 15.5. The molecule has 1 aliphatic heterocycles. The van der Waals surface area contributed by atoms with Crippen molar-refractivity contribution in [3.8, 4) is 0 Å². The van der Waals surface area contributed by atoms with Gasteiger partial charge in [0, 0.05) is 24.7 Å². The molecule has 1 aromatic carbocycles. The number of nitrogens with two attached hydrogens (primary N) is 1. The Balaban J connectivity index is 2.02. The number of nitrogens with one attached hydrogen (secondary N) is 1. The summed E-state index contributed by atoms with van der Waals surface area (Å²) >= 11 is 0. The summed E-state index contributed by atoms with van der Waals surface area (Å²) < 4.78 is 30.0. The van der Waals surface area contributed by atoms with Crippen molar-refractivity contribution < 1.29 is 13.2 Å². The number of nitrogen functional groups attached to an aromatic ring is 1. The van der Waals surface area contributed by atoms with Gasteiger partial charge in [-0.05, 0) is 19.1 Å². The quantitative estimate of drug-likeness (QED) is 0.608. The zero-order valence-corrected chi connectivity index (χ0v) is 12.9. The van der Waals surface area contributed by atoms with Gasteiger partial charge in [-0.25, -0.2) is 8.42 Å². The van der Waals surface area contributed by atoms with Crippen LogP contribution in [-0.2, 0) is 14.6 Å². The number of benzene rings is 1. The molecule has 7 heteroatoms. The van der Waals surface area contributed by atoms with Crippen LogP contribution in [0.4, 0.5) is 0 Å². The molecule has 1 heterocycles. The average molecular weight is 311 g/mol. The standard InChI is InChI=1S/C14H21N3O3S/c1-11-10-20-8-6-17(11)7-9-21(18,19)13-4-2-12(3-5-13)14(15)16/h2-5,11H,6-10H2,1H3,(H3,15,16). The predicted octanol–water partition coefficient (Wildman–Crippen LogP) is 0.465. The Hall–Kier alpha value is -1.44. The molecule has 116 valence electrons. The van der Waals surface area contributed by atoms with Crippen LogP contribution in [-0.4, -0.2) is 57.3 Å². The monoisotopic (exact) mass is 311 g/mol. The third kappa shape index (κ3) is 4.03. The van der Waals surface area contributed by atoms with Gasteiger partial charge in [0.25, 0.3) is 0 Å². The number of nitrogens with zero attached hydrogens (tertiary/aromatic N) is 1. The van der Waals surface area contributed by atoms with Crippen LogP contribution in [0.5, 0.6) is 0 Å². The lowest BCUT2D eigenvalue weighted by molar-refractivity contribution is 0.00280. The first-order valence-electron chi connectivity index (χ1n) is 6.89. The molecule has 1 fully saturated rings. The van der Waals surface area contributed by atoms with E-state index in [1.165, 1.54) is 12.1 Å². The number of rotatable bonds is 5. The number of sulfone groups is 1. The van der Waals surface area contributed by atoms with E-state index in [1.54, 1.807) is 12.1 Å². The minimum absolute atomic E-state index is 0.0684. The SMILES string of the molecule is CC1COCCN1CCS(=O)(=O)c1ccc(C(=N)N)cc1. The number of ether oxygens (including phenoxy) is 1. The molecule has 1 aliphatic rings. The zero-order valence-electron chi connectivity index (χ0n) is 12.1. The van der Waals surface area contributed by atoms with Crippen molar-refractivity contribution in [1.29, 1.82) is 5.41 Å². The molecule has 0 amide bonds. The molecule has 2 rings (SSSR count). The van der Waals surface area contributed by atoms with Crippen LogP contribution < -0.4 is 5.73 Å². The minimum atomic E-state index is -3.32. The minimum Gasteiger partial charge on any atom is -0.384 e. The highest BCUT2D eigenvalue weighted by Crippen LogP contribution is 2.14. The lowest BCUT2D eigenvalue weighted by Gasteiger charge is -2.32. The van der Waals surface area contributed by atoms with Gasteiger partial charge in [0.15, 0.2) is 9.84 Å². The molecule has 0 aromatic heterocycles. The number of amidine groups is 1. The highest BCUT2D eigenvalue weighted by molar-refractivity contribution is 7.91. The van der Waals surface area contributed by atoms with E-state index >= 15 is 0 Å². The molecule has 0 aliphatic carbocycles. The Morgan fingerprint density at radius 3 is 2.67 bits per heavy atom. The van der Waals surface area contributed by atoms with Gasteiger partial charge < -0.3 is 10.5 Å². The van der Waals surface area contributed by atoms with Gasteiger partial charge in [0.2, 0.25) is 0 Å². The molecule has 3 N–H and O–H groups in total. The third-order valence-electron chi connectivity index (χ3n) is 3.68. The van der Waals surface area contributed by atoms with Crippen LogP contribution in [0.15, 0.2) is 29.2 Å². The van der Waals surface area contributed by atoms with Crippen molar-refractivity contribution in [3.63, 3.8) is 0 Å². The molecule has 0 bridgehead atoms. The lowest BCUT2D eigenvalue weighted by atomic mass is 10.2. The maximum Gasteiger partial charge on any atom is 0.179 e. The van der Waals surface area contributed by atoms with Crippen molar-refractivity contribution in [1.82, 2.24) is 4.90 Å². The number of morpholine rings is 1. The van der Waals surface area contributed by atoms with Gasteiger partial charge in [-0.2, -0.15) is 0 Å². The summed E-state index contributed by atoms with van der Waals surface area (Å²) in [6.07, 6.45) is 0. The van der Waals surface area contributed by atoms with Crippen LogP contribution in [0.3, 0.4) is 0 Å². The van der Waals surface area contributed by atoms with Crippen molar-refractivity contribution in [2.75, 3.05) is 32.1 Å². The highest BCUT2D eigenvalue weighted by atomic mass is 32.2. The molecular weight excluding hydrogens is 290 g/mol. The summed E-state index contributed by atoms with van der Waals surface area (Å²) in [5, 5.41) is 7.31. The summed E-state index contributed by atoms with van der Waals surface area (Å²) in [4.78, 5) is 2.40. The molecule has 6 nitrogen and oxygen atoms in total. The fourth-order valence-electron chi connectivity index (χ4n) is 2.29. The van der Waals surface area contributed by atoms with Gasteiger partial charge in [0.05, 0.1) is 23.9 Å². The van der Waals surface area contributed by atoms with Gasteiger partial charge in [-0.1, -0.05) is 12.1 Å². The van der Waals surface area contributed by atoms with Crippen molar-refractivity contribution >= 4 is 15.7 Å². The van der Waals surface area contributed by atoms with Crippen molar-refractivity contribution in [2.45, 2.75) is 17.9 Å². The largest absolute Gasteiger partial charge is 0.384 e. The maximum absolute atomic E-state index is 12.3. The molecular formula is C14H21N3O3S. The molecule has 0 spiro atoms. The first-order valence-corrected chi connectivity index (χ1v) is 8.54. The van der Waals surface area contributed by atoms with Gasteiger partial charge in [-0.15, -0.1) is 0 Å². The Morgan fingerprint density at radius 1 is 1.43 bits per heavy atom. The van der Waals surface area contributed by atoms with E-state index in [4.69, 9.17) is 15.9 Å². The number of hydrogen-bond donors (Lipinski definition) is 2. The number of hydrogen-bond acceptors (Lipinski definition) is 5. The molecule has 1 saturated heterocycles. The Morgan fingerprint density at radius 2 is 2.10 bits per heavy atom. The third-order valence-corrected chi connectivity index (χ3v) is 5.39. The summed E-state index contributed by atoms with van der Waals surface area (Å²) in [6, 6.07) is 6.39. The van der Waals surface area contributed by atoms with E-state index in [2.05, 4.69) is 4.90 Å². The van der Waals surface area contributed by atoms with E-state index in [0.717, 1.165) is 6.54 Å². The topological polar surface area (TPSA) is 96.5 Å². The molecule has 1 aromatic rings. The smallest absolute Gasteiger partial charge is 0.179 e. The Labute approximate surface area is 125 Å². The highest BCUT2D eigenvalue weighted by Gasteiger charge is 2.22. The molecule has 1 atom stereocenters. The summed E-state index contributed by atoms with van der Waals surface area (Å²) in [5.41, 5.74) is 5.88. The summed E-state index contributed by atoms with van der Waals surface area (Å²) in [6.45, 7) is 4.60. The normalized spacial score (nSPS) is 20.3. The summed E-state index contributed by atoms with van der Waals surface area (Å²) in [7, 11) is -3.32. The second kappa shape index (κ2) is 6.55. The lowest BCUT2D eigenvalue weighted by Crippen LogP contribution is -2.45. The van der Waals surface area contributed by atoms with Gasteiger partial charge in [-0.3, -0.25) is 10.3 Å². The molecule has 0 saturated carbocycles. The van der Waals surface area contributed by atoms with E-state index in [0.29, 0.717) is 25.3 Å². The van der Waals surface area contributed by atoms with Gasteiger partial charge in [0.1, 0.15) is 5.84 Å². The van der Waals surface area contributed by atoms with Crippen molar-refractivity contribution in [2.24, 2.45) is 5.73 Å². The van der Waals surface area contributed by atoms with E-state index < -0.39 is 9.84 Å². The first kappa shape index (κ1) is 15.9. The maximum atomic E-state index is 12.3. The molecule has 21 heavy (non-hydrogen) atoms. The fraction of sp³-hybridized carbons (Fsp3) is 0.500. The Bertz CT molecular complexity index is 598. The van der Waals surface area contributed by atoms with Gasteiger partial charge >= 0.3 is 0 Å². The first-order chi connectivity index (χ1) is 9.90. The van der Waals surface area contributed by atoms with E-state index in [-0.39, 0.29) is 22.5 Å². The average Bonchev–Trinajstić information content (AvgIpc) is 2.46. The van der Waals surface area contributed by atoms with Crippen LogP contribution in [0.25, 0.3) is 0 Å². The Kier molecular flexibility index (Phi) is 4.97. The molecule has 0 radical (unpaired) electrons. The van der Waals surface area contributed by atoms with E-state index in [1.807, 2.05) is 6.92 Å². The van der Waals surface area contributed by atoms with Crippen LogP contribution in [0.2, 0.25) is 0 Å². The van der Waals surface area contributed by atoms with Crippen LogP contribution in [0, 0.1) is 5.41 Å². The van der Waals surface area contributed by atoms with Crippen LogP contribution >= 0.6 is 0 Å². The predicted molar refractivity (Wildman–Crippen MR) is 81.4 cm³/mol. The molecule has 1 unspecified atom stereocenters. The van der Waals surface area contributed by atoms with Crippen LogP contribution in [0.1, 0.15) is 12.5 Å². The van der Waals surface area contributed by atoms with Crippen molar-refractivity contribution in [3.05, 3.63) is 29.8 Å².